The zero-order valence-corrected chi connectivity index (χ0v) is 10.1. The van der Waals surface area contributed by atoms with Gasteiger partial charge in [-0.3, -0.25) is 0 Å². The number of likely N-dealkylation sites (N-methyl/N-ethyl adjacent to an activating group) is 1. The number of nitrogens with zero attached hydrogens (tertiary/aromatic N) is 4. The molecule has 0 fully saturated rings. The Morgan fingerprint density at radius 1 is 1.42 bits per heavy atom. The molecule has 0 spiro atoms. The Balaban J connectivity index is 2.57. The zero-order valence-electron chi connectivity index (χ0n) is 6.96. The summed E-state index contributed by atoms with van der Waals surface area (Å²) < 4.78 is 3.19. The maximum absolute atomic E-state index is 4.13. The molecule has 0 atom stereocenters. The summed E-state index contributed by atoms with van der Waals surface area (Å²) in [6.45, 7) is 1.79. The first-order chi connectivity index (χ1) is 5.59. The lowest BCUT2D eigenvalue weighted by Crippen LogP contribution is -2.19. The summed E-state index contributed by atoms with van der Waals surface area (Å²) in [7, 11) is 4.06. The Kier molecular flexibility index (Phi) is 3.67. The third-order valence-electron chi connectivity index (χ3n) is 1.36. The normalized spacial score (nSPS) is 11.1. The number of hydrogen-bond donors (Lipinski definition) is 0. The van der Waals surface area contributed by atoms with Gasteiger partial charge in [-0.25, -0.2) is 4.68 Å². The van der Waals surface area contributed by atoms with Gasteiger partial charge >= 0.3 is 0 Å². The molecule has 6 heteroatoms. The molecule has 0 unspecified atom stereocenters. The van der Waals surface area contributed by atoms with E-state index in [0.717, 1.165) is 17.8 Å². The summed E-state index contributed by atoms with van der Waals surface area (Å²) in [5.74, 6) is 0. The van der Waals surface area contributed by atoms with Gasteiger partial charge in [0.05, 0.1) is 6.54 Å². The third-order valence-corrected chi connectivity index (χ3v) is 2.28. The monoisotopic (exact) mass is 296 g/mol. The van der Waals surface area contributed by atoms with E-state index in [2.05, 4.69) is 46.8 Å². The maximum Gasteiger partial charge on any atom is 0.218 e. The van der Waals surface area contributed by atoms with Gasteiger partial charge in [-0.2, -0.15) is 4.98 Å². The van der Waals surface area contributed by atoms with Crippen molar-refractivity contribution in [3.8, 4) is 0 Å². The van der Waals surface area contributed by atoms with Crippen LogP contribution in [0.2, 0.25) is 0 Å². The van der Waals surface area contributed by atoms with E-state index in [1.807, 2.05) is 18.8 Å². The molecular weight excluding hydrogens is 288 g/mol. The maximum atomic E-state index is 4.13. The van der Waals surface area contributed by atoms with Crippen molar-refractivity contribution in [3.63, 3.8) is 0 Å². The molecule has 68 valence electrons. The molecule has 1 aromatic heterocycles. The molecule has 0 aliphatic heterocycles. The van der Waals surface area contributed by atoms with Gasteiger partial charge in [0.25, 0.3) is 0 Å². The molecule has 0 aliphatic carbocycles. The van der Waals surface area contributed by atoms with E-state index in [0.29, 0.717) is 4.73 Å². The topological polar surface area (TPSA) is 34.0 Å². The van der Waals surface area contributed by atoms with Gasteiger partial charge in [0, 0.05) is 6.54 Å². The molecule has 0 amide bonds. The minimum Gasteiger partial charge on any atom is -0.308 e. The van der Waals surface area contributed by atoms with E-state index < -0.39 is 0 Å². The molecule has 0 saturated carbocycles. The first kappa shape index (κ1) is 10.1. The summed E-state index contributed by atoms with van der Waals surface area (Å²) in [6.07, 6.45) is 0. The Bertz CT molecular complexity index is 258. The summed E-state index contributed by atoms with van der Waals surface area (Å²) >= 11 is 6.51. The Hall–Kier alpha value is 0.0600. The van der Waals surface area contributed by atoms with E-state index in [9.17, 15) is 0 Å². The highest BCUT2D eigenvalue weighted by atomic mass is 79.9. The summed E-state index contributed by atoms with van der Waals surface area (Å²) in [5, 5.41) is 4.13. The highest BCUT2D eigenvalue weighted by Gasteiger charge is 2.03. The predicted molar refractivity (Wildman–Crippen MR) is 54.0 cm³/mol. The molecule has 0 aliphatic rings. The first-order valence-corrected chi connectivity index (χ1v) is 5.09. The van der Waals surface area contributed by atoms with Crippen molar-refractivity contribution >= 4 is 31.9 Å². The summed E-state index contributed by atoms with van der Waals surface area (Å²) in [5.41, 5.74) is 0. The van der Waals surface area contributed by atoms with Crippen molar-refractivity contribution in [2.75, 3.05) is 20.6 Å². The van der Waals surface area contributed by atoms with Crippen LogP contribution in [-0.4, -0.2) is 40.3 Å². The third kappa shape index (κ3) is 2.84. The van der Waals surface area contributed by atoms with Gasteiger partial charge in [-0.15, -0.1) is 5.10 Å². The van der Waals surface area contributed by atoms with Crippen LogP contribution >= 0.6 is 31.9 Å². The minimum atomic E-state index is 0.619. The van der Waals surface area contributed by atoms with Crippen molar-refractivity contribution < 1.29 is 0 Å². The standard InChI is InChI=1S/C6H10Br2N4/c1-11(2)3-4-12-6(8)9-5(7)10-12/h3-4H2,1-2H3. The van der Waals surface area contributed by atoms with Gasteiger partial charge in [0.1, 0.15) is 0 Å². The molecule has 1 aromatic rings. The fraction of sp³-hybridized carbons (Fsp3) is 0.667. The molecule has 0 N–H and O–H groups in total. The SMILES string of the molecule is CN(C)CCn1nc(Br)nc1Br. The zero-order chi connectivity index (χ0) is 9.14. The molecule has 4 nitrogen and oxygen atoms in total. The van der Waals surface area contributed by atoms with Crippen LogP contribution in [0.1, 0.15) is 0 Å². The summed E-state index contributed by atoms with van der Waals surface area (Å²) in [6, 6.07) is 0. The number of halogens is 2. The highest BCUT2D eigenvalue weighted by Crippen LogP contribution is 2.10. The van der Waals surface area contributed by atoms with Crippen LogP contribution < -0.4 is 0 Å². The average molecular weight is 298 g/mol. The predicted octanol–water partition coefficient (Wildman–Crippen LogP) is 1.36. The molecule has 1 heterocycles. The smallest absolute Gasteiger partial charge is 0.218 e. The van der Waals surface area contributed by atoms with Crippen LogP contribution in [0.25, 0.3) is 0 Å². The molecule has 0 aromatic carbocycles. The van der Waals surface area contributed by atoms with Crippen LogP contribution in [0, 0.1) is 0 Å². The average Bonchev–Trinajstić information content (AvgIpc) is 2.26. The second-order valence-electron chi connectivity index (χ2n) is 2.68. The molecule has 0 bridgehead atoms. The van der Waals surface area contributed by atoms with Crippen molar-refractivity contribution in [2.24, 2.45) is 0 Å². The fourth-order valence-electron chi connectivity index (χ4n) is 0.734. The second kappa shape index (κ2) is 4.34. The second-order valence-corrected chi connectivity index (χ2v) is 4.09. The van der Waals surface area contributed by atoms with Crippen molar-refractivity contribution in [2.45, 2.75) is 6.54 Å². The lowest BCUT2D eigenvalue weighted by Gasteiger charge is -2.08. The Morgan fingerprint density at radius 2 is 2.08 bits per heavy atom. The largest absolute Gasteiger partial charge is 0.308 e. The number of hydrogen-bond acceptors (Lipinski definition) is 3. The van der Waals surface area contributed by atoms with E-state index in [4.69, 9.17) is 0 Å². The van der Waals surface area contributed by atoms with E-state index in [1.54, 1.807) is 0 Å². The molecular formula is C6H10Br2N4. The van der Waals surface area contributed by atoms with Gasteiger partial charge in [0.2, 0.25) is 4.73 Å². The number of aromatic nitrogens is 3. The quantitative estimate of drug-likeness (QED) is 0.845. The minimum absolute atomic E-state index is 0.619. The Morgan fingerprint density at radius 3 is 2.50 bits per heavy atom. The van der Waals surface area contributed by atoms with Gasteiger partial charge in [-0.05, 0) is 46.0 Å². The molecule has 0 radical (unpaired) electrons. The van der Waals surface area contributed by atoms with E-state index in [1.165, 1.54) is 0 Å². The van der Waals surface area contributed by atoms with Gasteiger partial charge in [0.15, 0.2) is 4.73 Å². The van der Waals surface area contributed by atoms with Crippen LogP contribution in [0.3, 0.4) is 0 Å². The van der Waals surface area contributed by atoms with Gasteiger partial charge in [-0.1, -0.05) is 0 Å². The Labute approximate surface area is 88.2 Å². The molecule has 0 saturated heterocycles. The summed E-state index contributed by atoms with van der Waals surface area (Å²) in [4.78, 5) is 6.15. The van der Waals surface area contributed by atoms with Gasteiger partial charge < -0.3 is 4.90 Å². The van der Waals surface area contributed by atoms with Crippen molar-refractivity contribution in [1.82, 2.24) is 19.7 Å². The molecule has 12 heavy (non-hydrogen) atoms. The fourth-order valence-corrected chi connectivity index (χ4v) is 1.76. The van der Waals surface area contributed by atoms with Crippen LogP contribution in [0.5, 0.6) is 0 Å². The van der Waals surface area contributed by atoms with Crippen molar-refractivity contribution in [1.29, 1.82) is 0 Å². The first-order valence-electron chi connectivity index (χ1n) is 3.50. The highest BCUT2D eigenvalue weighted by molar-refractivity contribution is 9.11. The van der Waals surface area contributed by atoms with Crippen LogP contribution in [0.4, 0.5) is 0 Å². The lowest BCUT2D eigenvalue weighted by molar-refractivity contribution is 0.370. The van der Waals surface area contributed by atoms with E-state index in [-0.39, 0.29) is 0 Å². The van der Waals surface area contributed by atoms with Crippen LogP contribution in [0.15, 0.2) is 9.47 Å². The molecule has 1 rings (SSSR count). The lowest BCUT2D eigenvalue weighted by atomic mass is 10.6. The van der Waals surface area contributed by atoms with Crippen molar-refractivity contribution in [3.05, 3.63) is 9.47 Å². The van der Waals surface area contributed by atoms with E-state index >= 15 is 0 Å². The van der Waals surface area contributed by atoms with Crippen LogP contribution in [-0.2, 0) is 6.54 Å². The number of rotatable bonds is 3.